The van der Waals surface area contributed by atoms with E-state index in [1.807, 2.05) is 0 Å². The number of carbonyl (C=O) groups is 4. The number of carboxylic acids is 1. The zero-order valence-electron chi connectivity index (χ0n) is 16.0. The van der Waals surface area contributed by atoms with Crippen molar-refractivity contribution in [3.63, 3.8) is 0 Å². The number of carboxylic acid groups (broad SMARTS) is 1. The van der Waals surface area contributed by atoms with Gasteiger partial charge in [0.05, 0.1) is 5.69 Å². The van der Waals surface area contributed by atoms with Gasteiger partial charge in [0.1, 0.15) is 17.9 Å². The minimum atomic E-state index is -1.26. The van der Waals surface area contributed by atoms with Gasteiger partial charge < -0.3 is 20.5 Å². The molecule has 4 atom stereocenters. The molecule has 3 N–H and O–H groups in total. The Morgan fingerprint density at radius 3 is 2.54 bits per heavy atom. The van der Waals surface area contributed by atoms with Crippen LogP contribution in [0.3, 0.4) is 0 Å². The molecule has 2 saturated heterocycles. The first-order chi connectivity index (χ1) is 13.1. The first kappa shape index (κ1) is 18.6. The van der Waals surface area contributed by atoms with Gasteiger partial charge in [-0.05, 0) is 33.3 Å². The van der Waals surface area contributed by atoms with Crippen molar-refractivity contribution in [1.82, 2.24) is 4.90 Å². The van der Waals surface area contributed by atoms with Gasteiger partial charge in [0.15, 0.2) is 0 Å². The molecule has 1 aromatic rings. The lowest BCUT2D eigenvalue weighted by Gasteiger charge is -2.33. The monoisotopic (exact) mass is 385 g/mol. The van der Waals surface area contributed by atoms with Crippen LogP contribution in [0, 0.1) is 11.8 Å². The molecule has 0 unspecified atom stereocenters. The Hall–Kier alpha value is -2.74. The van der Waals surface area contributed by atoms with Crippen LogP contribution in [-0.2, 0) is 24.7 Å². The van der Waals surface area contributed by atoms with Crippen LogP contribution in [-0.4, -0.2) is 40.2 Å². The number of nitrogens with two attached hydrogens (primary N) is 1. The maximum Gasteiger partial charge on any atom is 0.291 e. The minimum absolute atomic E-state index is 0.150. The summed E-state index contributed by atoms with van der Waals surface area (Å²) in [7, 11) is 0. The molecule has 1 aromatic carbocycles. The van der Waals surface area contributed by atoms with Crippen LogP contribution in [0.4, 0.5) is 5.69 Å². The molecule has 1 spiro atoms. The first-order valence-corrected chi connectivity index (χ1v) is 9.44. The molecule has 8 heteroatoms. The quantitative estimate of drug-likeness (QED) is 0.627. The van der Waals surface area contributed by atoms with Crippen molar-refractivity contribution in [2.75, 3.05) is 5.32 Å². The van der Waals surface area contributed by atoms with E-state index in [1.54, 1.807) is 50.4 Å². The smallest absolute Gasteiger partial charge is 0.291 e. The Morgan fingerprint density at radius 2 is 1.89 bits per heavy atom. The number of nitrogens with one attached hydrogen (secondary N) is 1. The lowest BCUT2D eigenvalue weighted by molar-refractivity contribution is -0.734. The van der Waals surface area contributed by atoms with Crippen LogP contribution >= 0.6 is 0 Å². The number of carbonyl (C=O) groups excluding carboxylic acids is 4. The zero-order valence-corrected chi connectivity index (χ0v) is 16.0. The van der Waals surface area contributed by atoms with Crippen LogP contribution in [0.25, 0.3) is 0 Å². The molecular formula is C20H23N3O5. The van der Waals surface area contributed by atoms with Gasteiger partial charge in [-0.2, -0.15) is 0 Å². The fraction of sp³-hybridized carbons (Fsp3) is 0.500. The predicted molar refractivity (Wildman–Crippen MR) is 95.3 cm³/mol. The van der Waals surface area contributed by atoms with Crippen LogP contribution < -0.4 is 15.7 Å². The van der Waals surface area contributed by atoms with Crippen molar-refractivity contribution in [3.8, 4) is 0 Å². The molecule has 148 valence electrons. The number of fused-ring (bicyclic) bond motifs is 4. The molecule has 0 aromatic heterocycles. The van der Waals surface area contributed by atoms with Gasteiger partial charge in [0.25, 0.3) is 5.91 Å². The summed E-state index contributed by atoms with van der Waals surface area (Å²) >= 11 is 0. The fourth-order valence-corrected chi connectivity index (χ4v) is 5.13. The molecule has 3 aliphatic heterocycles. The minimum Gasteiger partial charge on any atom is -0.550 e. The highest BCUT2D eigenvalue weighted by Gasteiger charge is 2.74. The molecule has 2 fully saturated rings. The largest absolute Gasteiger partial charge is 0.550 e. The van der Waals surface area contributed by atoms with Crippen molar-refractivity contribution in [2.45, 2.75) is 50.7 Å². The summed E-state index contributed by atoms with van der Waals surface area (Å²) in [5.41, 5.74) is -0.696. The van der Waals surface area contributed by atoms with Crippen molar-refractivity contribution >= 4 is 29.4 Å². The Labute approximate surface area is 162 Å². The predicted octanol–water partition coefficient (Wildman–Crippen LogP) is -1.29. The number of quaternary nitrogens is 1. The van der Waals surface area contributed by atoms with Crippen molar-refractivity contribution in [1.29, 1.82) is 0 Å². The number of hydrogen-bond donors (Lipinski definition) is 2. The van der Waals surface area contributed by atoms with E-state index in [0.717, 1.165) is 0 Å². The molecule has 28 heavy (non-hydrogen) atoms. The maximum atomic E-state index is 13.4. The van der Waals surface area contributed by atoms with E-state index in [-0.39, 0.29) is 30.6 Å². The van der Waals surface area contributed by atoms with E-state index < -0.39 is 34.9 Å². The zero-order chi connectivity index (χ0) is 20.4. The van der Waals surface area contributed by atoms with Crippen molar-refractivity contribution in [3.05, 3.63) is 29.8 Å². The number of amides is 3. The Balaban J connectivity index is 1.86. The molecule has 0 aliphatic carbocycles. The summed E-state index contributed by atoms with van der Waals surface area (Å²) in [4.78, 5) is 52.1. The van der Waals surface area contributed by atoms with Crippen LogP contribution in [0.15, 0.2) is 24.3 Å². The summed E-state index contributed by atoms with van der Waals surface area (Å²) < 4.78 is 0. The summed E-state index contributed by atoms with van der Waals surface area (Å²) in [5.74, 6) is -3.88. The second-order valence-electron chi connectivity index (χ2n) is 8.80. The summed E-state index contributed by atoms with van der Waals surface area (Å²) in [6.45, 7) is 5.33. The maximum absolute atomic E-state index is 13.4. The number of anilines is 1. The van der Waals surface area contributed by atoms with E-state index in [2.05, 4.69) is 5.32 Å². The average Bonchev–Trinajstić information content (AvgIpc) is 3.17. The molecule has 0 bridgehead atoms. The summed E-state index contributed by atoms with van der Waals surface area (Å²) in [6, 6.07) is 6.65. The third kappa shape index (κ3) is 2.33. The van der Waals surface area contributed by atoms with Gasteiger partial charge in [-0.15, -0.1) is 0 Å². The second-order valence-corrected chi connectivity index (χ2v) is 8.80. The SMILES string of the molecule is CC(C)(C)N1C(=O)[C@H]2[C@@H](C1=O)[C@@]1([NH2+][C@@H]2CCC(=O)[O-])C(=O)Nc2ccccc21. The third-order valence-electron chi connectivity index (χ3n) is 6.13. The Bertz CT molecular complexity index is 905. The Morgan fingerprint density at radius 1 is 1.21 bits per heavy atom. The van der Waals surface area contributed by atoms with Crippen molar-refractivity contribution < 1.29 is 29.6 Å². The molecule has 8 nitrogen and oxygen atoms in total. The first-order valence-electron chi connectivity index (χ1n) is 9.44. The van der Waals surface area contributed by atoms with E-state index in [0.29, 0.717) is 11.3 Å². The highest BCUT2D eigenvalue weighted by atomic mass is 16.4. The summed E-state index contributed by atoms with van der Waals surface area (Å²) in [5, 5.41) is 15.6. The van der Waals surface area contributed by atoms with Gasteiger partial charge in [0.2, 0.25) is 17.4 Å². The molecule has 3 amide bonds. The standard InChI is InChI=1S/C20H23N3O5/c1-19(2,3)23-16(26)14-12(8-9-13(24)25)22-20(15(14)17(23)27)10-6-4-5-7-11(10)21-18(20)28/h4-7,12,14-15,22H,8-9H2,1-3H3,(H,21,28)(H,24,25)/t12-,14-,15+,20-/m1/s1. The number of aliphatic carboxylic acids is 1. The van der Waals surface area contributed by atoms with E-state index in [9.17, 15) is 24.3 Å². The van der Waals surface area contributed by atoms with E-state index in [1.165, 1.54) is 4.90 Å². The molecule has 0 saturated carbocycles. The highest BCUT2D eigenvalue weighted by Crippen LogP contribution is 2.50. The topological polar surface area (TPSA) is 123 Å². The number of hydrogen-bond acceptors (Lipinski definition) is 5. The summed E-state index contributed by atoms with van der Waals surface area (Å²) in [6.07, 6.45) is -0.0849. The number of nitrogens with zero attached hydrogens (tertiary/aromatic N) is 1. The van der Waals surface area contributed by atoms with E-state index >= 15 is 0 Å². The lowest BCUT2D eigenvalue weighted by atomic mass is 9.76. The number of rotatable bonds is 3. The molecule has 3 heterocycles. The molecule has 3 aliphatic rings. The molecule has 4 rings (SSSR count). The Kier molecular flexibility index (Phi) is 3.91. The van der Waals surface area contributed by atoms with Gasteiger partial charge in [-0.25, -0.2) is 0 Å². The second kappa shape index (κ2) is 5.88. The fourth-order valence-electron chi connectivity index (χ4n) is 5.13. The molecule has 0 radical (unpaired) electrons. The highest BCUT2D eigenvalue weighted by molar-refractivity contribution is 6.14. The van der Waals surface area contributed by atoms with Crippen LogP contribution in [0.1, 0.15) is 39.2 Å². The van der Waals surface area contributed by atoms with E-state index in [4.69, 9.17) is 0 Å². The van der Waals surface area contributed by atoms with Crippen LogP contribution in [0.2, 0.25) is 0 Å². The third-order valence-corrected chi connectivity index (χ3v) is 6.13. The van der Waals surface area contributed by atoms with Gasteiger partial charge in [-0.3, -0.25) is 19.3 Å². The van der Waals surface area contributed by atoms with Gasteiger partial charge in [-0.1, -0.05) is 18.2 Å². The van der Waals surface area contributed by atoms with Crippen molar-refractivity contribution in [2.24, 2.45) is 11.8 Å². The number of imide groups is 1. The number of para-hydroxylation sites is 1. The lowest BCUT2D eigenvalue weighted by Crippen LogP contribution is -2.99. The average molecular weight is 385 g/mol. The van der Waals surface area contributed by atoms with Crippen LogP contribution in [0.5, 0.6) is 0 Å². The number of likely N-dealkylation sites (tertiary alicyclic amines) is 1. The van der Waals surface area contributed by atoms with Gasteiger partial charge >= 0.3 is 0 Å². The van der Waals surface area contributed by atoms with Gasteiger partial charge in [0, 0.05) is 23.5 Å². The molecular weight excluding hydrogens is 362 g/mol. The normalized spacial score (nSPS) is 31.3. The number of benzene rings is 1.